The molecule has 0 saturated carbocycles. The van der Waals surface area contributed by atoms with Crippen molar-refractivity contribution >= 4 is 22.8 Å². The van der Waals surface area contributed by atoms with Crippen LogP contribution < -0.4 is 5.56 Å². The molecule has 1 atom stereocenters. The van der Waals surface area contributed by atoms with Crippen LogP contribution in [0.1, 0.15) is 34.0 Å². The van der Waals surface area contributed by atoms with E-state index in [0.29, 0.717) is 45.9 Å². The number of nitrogens with zero attached hydrogens (tertiary/aromatic N) is 2. The van der Waals surface area contributed by atoms with Gasteiger partial charge in [0.15, 0.2) is 5.78 Å². The van der Waals surface area contributed by atoms with Crippen LogP contribution in [0.5, 0.6) is 0 Å². The van der Waals surface area contributed by atoms with Crippen LogP contribution in [0.2, 0.25) is 0 Å². The Morgan fingerprint density at radius 1 is 1.00 bits per heavy atom. The summed E-state index contributed by atoms with van der Waals surface area (Å²) in [4.78, 5) is 43.7. The van der Waals surface area contributed by atoms with Gasteiger partial charge < -0.3 is 4.98 Å². The second-order valence-corrected chi connectivity index (χ2v) is 8.55. The van der Waals surface area contributed by atoms with Gasteiger partial charge >= 0.3 is 0 Å². The molecule has 1 aliphatic rings. The van der Waals surface area contributed by atoms with Gasteiger partial charge in [-0.15, -0.1) is 11.3 Å². The first-order chi connectivity index (χ1) is 15.5. The lowest BCUT2D eigenvalue weighted by atomic mass is 9.81. The fraction of sp³-hybridized carbons (Fsp3) is 0.125. The zero-order valence-corrected chi connectivity index (χ0v) is 17.6. The van der Waals surface area contributed by atoms with E-state index in [0.717, 1.165) is 5.56 Å². The summed E-state index contributed by atoms with van der Waals surface area (Å²) in [5, 5.41) is 13.3. The van der Waals surface area contributed by atoms with Crippen LogP contribution in [0, 0.1) is 10.1 Å². The Morgan fingerprint density at radius 2 is 1.81 bits per heavy atom. The molecule has 0 saturated heterocycles. The molecule has 5 rings (SSSR count). The van der Waals surface area contributed by atoms with Gasteiger partial charge in [-0.3, -0.25) is 19.7 Å². The number of rotatable bonds is 4. The van der Waals surface area contributed by atoms with E-state index in [4.69, 9.17) is 0 Å². The summed E-state index contributed by atoms with van der Waals surface area (Å²) in [6.45, 7) is 0. The third-order valence-corrected chi connectivity index (χ3v) is 6.54. The maximum Gasteiger partial charge on any atom is 0.270 e. The van der Waals surface area contributed by atoms with Crippen molar-refractivity contribution in [1.29, 1.82) is 0 Å². The normalized spacial score (nSPS) is 15.4. The number of nitro groups is 1. The average molecular weight is 443 g/mol. The third kappa shape index (κ3) is 3.65. The molecular formula is C24H17N3O4S. The number of nitrogens with one attached hydrogen (secondary N) is 1. The Labute approximate surface area is 186 Å². The van der Waals surface area contributed by atoms with E-state index in [-0.39, 0.29) is 22.9 Å². The minimum absolute atomic E-state index is 0.00642. The molecule has 0 fully saturated rings. The molecule has 2 heterocycles. The molecule has 2 aromatic heterocycles. The lowest BCUT2D eigenvalue weighted by molar-refractivity contribution is -0.384. The van der Waals surface area contributed by atoms with Gasteiger partial charge in [0.1, 0.15) is 5.01 Å². The van der Waals surface area contributed by atoms with E-state index in [1.54, 1.807) is 23.6 Å². The Balaban J connectivity index is 1.49. The first kappa shape index (κ1) is 20.0. The number of benzene rings is 2. The van der Waals surface area contributed by atoms with Crippen LogP contribution in [0.25, 0.3) is 21.8 Å². The lowest BCUT2D eigenvalue weighted by Gasteiger charge is -2.24. The summed E-state index contributed by atoms with van der Waals surface area (Å²) < 4.78 is 0. The first-order valence-corrected chi connectivity index (χ1v) is 10.9. The maximum atomic E-state index is 12.9. The largest absolute Gasteiger partial charge is 0.325 e. The zero-order valence-electron chi connectivity index (χ0n) is 16.8. The van der Waals surface area contributed by atoms with E-state index >= 15 is 0 Å². The van der Waals surface area contributed by atoms with Crippen molar-refractivity contribution in [1.82, 2.24) is 9.97 Å². The van der Waals surface area contributed by atoms with Crippen molar-refractivity contribution in [3.63, 3.8) is 0 Å². The minimum Gasteiger partial charge on any atom is -0.325 e. The van der Waals surface area contributed by atoms with Crippen LogP contribution >= 0.6 is 11.3 Å². The van der Waals surface area contributed by atoms with Gasteiger partial charge in [-0.05, 0) is 24.0 Å². The molecule has 0 bridgehead atoms. The molecule has 0 amide bonds. The summed E-state index contributed by atoms with van der Waals surface area (Å²) >= 11 is 1.26. The lowest BCUT2D eigenvalue weighted by Crippen LogP contribution is -2.24. The van der Waals surface area contributed by atoms with Crippen molar-refractivity contribution < 1.29 is 9.72 Å². The van der Waals surface area contributed by atoms with Gasteiger partial charge in [0.05, 0.1) is 16.2 Å². The number of pyridine rings is 1. The highest BCUT2D eigenvalue weighted by Gasteiger charge is 2.28. The van der Waals surface area contributed by atoms with Gasteiger partial charge in [-0.25, -0.2) is 4.98 Å². The highest BCUT2D eigenvalue weighted by molar-refractivity contribution is 7.13. The summed E-state index contributed by atoms with van der Waals surface area (Å²) in [6.07, 6.45) is 0.983. The Bertz CT molecular complexity index is 1410. The van der Waals surface area contributed by atoms with E-state index < -0.39 is 4.92 Å². The van der Waals surface area contributed by atoms with E-state index in [1.807, 2.05) is 30.3 Å². The first-order valence-electron chi connectivity index (χ1n) is 10.0. The van der Waals surface area contributed by atoms with Crippen LogP contribution in [0.15, 0.2) is 70.8 Å². The number of fused-ring (bicyclic) bond motifs is 1. The zero-order chi connectivity index (χ0) is 22.2. The van der Waals surface area contributed by atoms with Crippen molar-refractivity contribution in [2.45, 2.75) is 18.8 Å². The number of aromatic nitrogens is 2. The molecule has 1 aliphatic carbocycles. The van der Waals surface area contributed by atoms with Crippen LogP contribution in [0.3, 0.4) is 0 Å². The quantitative estimate of drug-likeness (QED) is 0.353. The van der Waals surface area contributed by atoms with Gasteiger partial charge in [-0.2, -0.15) is 0 Å². The van der Waals surface area contributed by atoms with Crippen LogP contribution in [-0.2, 0) is 6.42 Å². The Hall–Kier alpha value is -3.91. The molecule has 2 aromatic carbocycles. The molecule has 0 unspecified atom stereocenters. The highest BCUT2D eigenvalue weighted by atomic mass is 32.1. The third-order valence-electron chi connectivity index (χ3n) is 5.66. The molecule has 0 aliphatic heterocycles. The fourth-order valence-electron chi connectivity index (χ4n) is 4.06. The van der Waals surface area contributed by atoms with E-state index in [1.165, 1.54) is 23.5 Å². The number of hydrogen-bond donors (Lipinski definition) is 1. The topological polar surface area (TPSA) is 106 Å². The standard InChI is InChI=1S/C24H17N3O4S/c28-22-11-16(14-5-2-1-3-6-14)10-20-18(22)12-19(23(29)25-20)24-26-21(13-32-24)15-7-4-8-17(9-15)27(30)31/h1-9,12-13,16H,10-11H2,(H,25,29)/t16-/m1/s1. The smallest absolute Gasteiger partial charge is 0.270 e. The van der Waals surface area contributed by atoms with Crippen molar-refractivity contribution in [2.75, 3.05) is 0 Å². The van der Waals surface area contributed by atoms with Gasteiger partial charge in [0.25, 0.3) is 11.2 Å². The van der Waals surface area contributed by atoms with E-state index in [2.05, 4.69) is 9.97 Å². The van der Waals surface area contributed by atoms with Crippen LogP contribution in [-0.4, -0.2) is 20.7 Å². The summed E-state index contributed by atoms with van der Waals surface area (Å²) in [6, 6.07) is 17.7. The molecule has 0 spiro atoms. The number of H-pyrrole nitrogens is 1. The van der Waals surface area contributed by atoms with Crippen molar-refractivity contribution in [2.24, 2.45) is 0 Å². The van der Waals surface area contributed by atoms with Crippen molar-refractivity contribution in [3.8, 4) is 21.8 Å². The molecule has 4 aromatic rings. The van der Waals surface area contributed by atoms with E-state index in [9.17, 15) is 19.7 Å². The molecule has 1 N–H and O–H groups in total. The van der Waals surface area contributed by atoms with Crippen molar-refractivity contribution in [3.05, 3.63) is 103 Å². The number of non-ortho nitro benzene ring substituents is 1. The Kier molecular flexibility index (Phi) is 4.99. The average Bonchev–Trinajstić information content (AvgIpc) is 3.29. The number of ketones is 1. The summed E-state index contributed by atoms with van der Waals surface area (Å²) in [7, 11) is 0. The number of nitro benzene ring substituents is 1. The molecule has 8 heteroatoms. The second-order valence-electron chi connectivity index (χ2n) is 7.69. The SMILES string of the molecule is O=C1C[C@H](c2ccccc2)Cc2[nH]c(=O)c(-c3nc(-c4cccc([N+](=O)[O-])c4)cs3)cc21. The fourth-order valence-corrected chi connectivity index (χ4v) is 4.90. The minimum atomic E-state index is -0.459. The molecular weight excluding hydrogens is 426 g/mol. The summed E-state index contributed by atoms with van der Waals surface area (Å²) in [5.74, 6) is 0.0334. The second kappa shape index (κ2) is 7.97. The highest BCUT2D eigenvalue weighted by Crippen LogP contribution is 2.34. The van der Waals surface area contributed by atoms with Gasteiger partial charge in [-0.1, -0.05) is 42.5 Å². The molecule has 158 valence electrons. The molecule has 7 nitrogen and oxygen atoms in total. The number of hydrogen-bond acceptors (Lipinski definition) is 6. The Morgan fingerprint density at radius 3 is 2.59 bits per heavy atom. The number of aromatic amines is 1. The summed E-state index contributed by atoms with van der Waals surface area (Å²) in [5.41, 5.74) is 3.40. The predicted octanol–water partition coefficient (Wildman–Crippen LogP) is 4.99. The maximum absolute atomic E-state index is 12.9. The monoisotopic (exact) mass is 443 g/mol. The molecule has 0 radical (unpaired) electrons. The predicted molar refractivity (Wildman–Crippen MR) is 122 cm³/mol. The number of carbonyl (C=O) groups excluding carboxylic acids is 1. The number of thiazole rings is 1. The van der Waals surface area contributed by atoms with Gasteiger partial charge in [0, 0.05) is 40.8 Å². The molecule has 32 heavy (non-hydrogen) atoms. The van der Waals surface area contributed by atoms with Gasteiger partial charge in [0.2, 0.25) is 0 Å². The number of carbonyl (C=O) groups is 1. The van der Waals surface area contributed by atoms with Crippen LogP contribution in [0.4, 0.5) is 5.69 Å². The number of Topliss-reactive ketones (excluding diaryl/α,β-unsaturated/α-hetero) is 1.